The summed E-state index contributed by atoms with van der Waals surface area (Å²) in [5.41, 5.74) is 5.57. The molecule has 1 amide bonds. The van der Waals surface area contributed by atoms with Crippen LogP contribution in [0.1, 0.15) is 66.2 Å². The maximum Gasteiger partial charge on any atom is 0.223 e. The van der Waals surface area contributed by atoms with Crippen LogP contribution in [0, 0.1) is 5.41 Å². The van der Waals surface area contributed by atoms with Crippen LogP contribution in [0.5, 0.6) is 0 Å². The quantitative estimate of drug-likeness (QED) is 0.644. The molecule has 0 rings (SSSR count). The highest BCUT2D eigenvalue weighted by Gasteiger charge is 2.20. The molecule has 108 valence electrons. The second-order valence-electron chi connectivity index (χ2n) is 6.32. The minimum Gasteiger partial charge on any atom is -0.343 e. The van der Waals surface area contributed by atoms with Crippen molar-refractivity contribution >= 4 is 5.91 Å². The van der Waals surface area contributed by atoms with E-state index in [0.29, 0.717) is 12.3 Å². The summed E-state index contributed by atoms with van der Waals surface area (Å²) in [6.45, 7) is 11.1. The lowest BCUT2D eigenvalue weighted by Crippen LogP contribution is -2.35. The standard InChI is InChI=1S/C15H32N2O/c1-5-6-11-17(12-9-7-8-10-16)14(18)13-15(2,3)4/h5-13,16H2,1-4H3. The van der Waals surface area contributed by atoms with Crippen LogP contribution in [0.2, 0.25) is 0 Å². The largest absolute Gasteiger partial charge is 0.343 e. The zero-order valence-electron chi connectivity index (χ0n) is 12.8. The maximum atomic E-state index is 12.2. The van der Waals surface area contributed by atoms with Gasteiger partial charge in [0.05, 0.1) is 0 Å². The lowest BCUT2D eigenvalue weighted by molar-refractivity contribution is -0.133. The number of nitrogens with zero attached hydrogens (tertiary/aromatic N) is 1. The topological polar surface area (TPSA) is 46.3 Å². The summed E-state index contributed by atoms with van der Waals surface area (Å²) in [6, 6.07) is 0. The van der Waals surface area contributed by atoms with E-state index in [1.165, 1.54) is 0 Å². The maximum absolute atomic E-state index is 12.2. The molecular formula is C15H32N2O. The number of carbonyl (C=O) groups excluding carboxylic acids is 1. The monoisotopic (exact) mass is 256 g/mol. The summed E-state index contributed by atoms with van der Waals surface area (Å²) in [7, 11) is 0. The summed E-state index contributed by atoms with van der Waals surface area (Å²) in [6.07, 6.45) is 6.16. The first-order valence-electron chi connectivity index (χ1n) is 7.38. The van der Waals surface area contributed by atoms with Gasteiger partial charge in [0.25, 0.3) is 0 Å². The molecule has 0 aromatic rings. The van der Waals surface area contributed by atoms with Crippen molar-refractivity contribution in [3.05, 3.63) is 0 Å². The third kappa shape index (κ3) is 9.46. The normalized spacial score (nSPS) is 11.6. The minimum atomic E-state index is 0.0821. The van der Waals surface area contributed by atoms with Crippen LogP contribution in [0.25, 0.3) is 0 Å². The number of carbonyl (C=O) groups is 1. The average Bonchev–Trinajstić information content (AvgIpc) is 2.25. The van der Waals surface area contributed by atoms with Crippen molar-refractivity contribution in [1.29, 1.82) is 0 Å². The lowest BCUT2D eigenvalue weighted by atomic mass is 9.91. The van der Waals surface area contributed by atoms with E-state index in [9.17, 15) is 4.79 Å². The van der Waals surface area contributed by atoms with E-state index in [1.807, 2.05) is 4.90 Å². The summed E-state index contributed by atoms with van der Waals surface area (Å²) in [4.78, 5) is 14.3. The number of rotatable bonds is 9. The van der Waals surface area contributed by atoms with E-state index in [2.05, 4.69) is 27.7 Å². The number of nitrogens with two attached hydrogens (primary N) is 1. The van der Waals surface area contributed by atoms with Gasteiger partial charge in [-0.15, -0.1) is 0 Å². The third-order valence-electron chi connectivity index (χ3n) is 2.95. The molecule has 3 nitrogen and oxygen atoms in total. The van der Waals surface area contributed by atoms with Crippen molar-refractivity contribution in [2.75, 3.05) is 19.6 Å². The Kier molecular flexibility index (Phi) is 9.08. The molecule has 0 bridgehead atoms. The third-order valence-corrected chi connectivity index (χ3v) is 2.95. The molecule has 0 saturated carbocycles. The van der Waals surface area contributed by atoms with Crippen molar-refractivity contribution in [3.63, 3.8) is 0 Å². The molecule has 18 heavy (non-hydrogen) atoms. The van der Waals surface area contributed by atoms with Gasteiger partial charge < -0.3 is 10.6 Å². The molecule has 0 spiro atoms. The summed E-state index contributed by atoms with van der Waals surface area (Å²) < 4.78 is 0. The van der Waals surface area contributed by atoms with Gasteiger partial charge in [0, 0.05) is 19.5 Å². The Morgan fingerprint density at radius 1 is 1.06 bits per heavy atom. The predicted octanol–water partition coefficient (Wildman–Crippen LogP) is 3.18. The van der Waals surface area contributed by atoms with Gasteiger partial charge in [-0.05, 0) is 31.2 Å². The molecule has 2 N–H and O–H groups in total. The Bertz CT molecular complexity index is 221. The van der Waals surface area contributed by atoms with Crippen LogP contribution in [-0.4, -0.2) is 30.4 Å². The highest BCUT2D eigenvalue weighted by atomic mass is 16.2. The fourth-order valence-corrected chi connectivity index (χ4v) is 1.90. The fourth-order valence-electron chi connectivity index (χ4n) is 1.90. The van der Waals surface area contributed by atoms with Crippen LogP contribution in [0.4, 0.5) is 0 Å². The Balaban J connectivity index is 4.15. The second-order valence-corrected chi connectivity index (χ2v) is 6.32. The van der Waals surface area contributed by atoms with E-state index in [-0.39, 0.29) is 5.41 Å². The summed E-state index contributed by atoms with van der Waals surface area (Å²) in [5.74, 6) is 0.309. The summed E-state index contributed by atoms with van der Waals surface area (Å²) in [5, 5.41) is 0. The van der Waals surface area contributed by atoms with Gasteiger partial charge in [0.15, 0.2) is 0 Å². The van der Waals surface area contributed by atoms with Gasteiger partial charge in [0.1, 0.15) is 0 Å². The minimum absolute atomic E-state index is 0.0821. The highest BCUT2D eigenvalue weighted by molar-refractivity contribution is 5.76. The second kappa shape index (κ2) is 9.37. The molecule has 0 unspecified atom stereocenters. The Hall–Kier alpha value is -0.570. The molecule has 0 aromatic carbocycles. The molecule has 0 radical (unpaired) electrons. The van der Waals surface area contributed by atoms with Gasteiger partial charge in [0.2, 0.25) is 5.91 Å². The van der Waals surface area contributed by atoms with Crippen molar-refractivity contribution in [2.45, 2.75) is 66.2 Å². The number of hydrogen-bond donors (Lipinski definition) is 1. The van der Waals surface area contributed by atoms with Crippen molar-refractivity contribution in [2.24, 2.45) is 11.1 Å². The van der Waals surface area contributed by atoms with Crippen LogP contribution >= 0.6 is 0 Å². The zero-order chi connectivity index (χ0) is 14.0. The molecule has 0 aliphatic rings. The van der Waals surface area contributed by atoms with Gasteiger partial charge in [-0.2, -0.15) is 0 Å². The molecule has 0 heterocycles. The predicted molar refractivity (Wildman–Crippen MR) is 78.5 cm³/mol. The van der Waals surface area contributed by atoms with E-state index in [4.69, 9.17) is 5.73 Å². The molecule has 0 atom stereocenters. The first-order valence-corrected chi connectivity index (χ1v) is 7.38. The zero-order valence-corrected chi connectivity index (χ0v) is 12.8. The molecule has 0 aliphatic heterocycles. The lowest BCUT2D eigenvalue weighted by Gasteiger charge is -2.26. The van der Waals surface area contributed by atoms with Crippen LogP contribution in [0.15, 0.2) is 0 Å². The highest BCUT2D eigenvalue weighted by Crippen LogP contribution is 2.20. The van der Waals surface area contributed by atoms with Gasteiger partial charge in [-0.25, -0.2) is 0 Å². The van der Waals surface area contributed by atoms with Crippen molar-refractivity contribution < 1.29 is 4.79 Å². The first kappa shape index (κ1) is 17.4. The fraction of sp³-hybridized carbons (Fsp3) is 0.933. The number of unbranched alkanes of at least 4 members (excludes halogenated alkanes) is 3. The van der Waals surface area contributed by atoms with Gasteiger partial charge in [-0.3, -0.25) is 4.79 Å². The Labute approximate surface area is 113 Å². The average molecular weight is 256 g/mol. The van der Waals surface area contributed by atoms with Gasteiger partial charge >= 0.3 is 0 Å². The SMILES string of the molecule is CCCCN(CCCCCN)C(=O)CC(C)(C)C. The number of hydrogen-bond acceptors (Lipinski definition) is 2. The van der Waals surface area contributed by atoms with E-state index in [0.717, 1.165) is 51.7 Å². The van der Waals surface area contributed by atoms with Crippen LogP contribution in [-0.2, 0) is 4.79 Å². The Morgan fingerprint density at radius 2 is 1.67 bits per heavy atom. The smallest absolute Gasteiger partial charge is 0.223 e. The van der Waals surface area contributed by atoms with Crippen LogP contribution < -0.4 is 5.73 Å². The molecular weight excluding hydrogens is 224 g/mol. The molecule has 0 aliphatic carbocycles. The van der Waals surface area contributed by atoms with Crippen molar-refractivity contribution in [3.8, 4) is 0 Å². The van der Waals surface area contributed by atoms with E-state index in [1.54, 1.807) is 0 Å². The molecule has 0 saturated heterocycles. The van der Waals surface area contributed by atoms with Gasteiger partial charge in [-0.1, -0.05) is 40.5 Å². The van der Waals surface area contributed by atoms with E-state index < -0.39 is 0 Å². The first-order chi connectivity index (χ1) is 8.40. The van der Waals surface area contributed by atoms with Crippen molar-refractivity contribution in [1.82, 2.24) is 4.90 Å². The number of amides is 1. The molecule has 0 aromatic heterocycles. The molecule has 0 fully saturated rings. The summed E-state index contributed by atoms with van der Waals surface area (Å²) >= 11 is 0. The molecule has 3 heteroatoms. The van der Waals surface area contributed by atoms with Crippen LogP contribution in [0.3, 0.4) is 0 Å². The van der Waals surface area contributed by atoms with E-state index >= 15 is 0 Å². The Morgan fingerprint density at radius 3 is 2.17 bits per heavy atom.